The van der Waals surface area contributed by atoms with Crippen molar-refractivity contribution in [2.45, 2.75) is 13.8 Å². The van der Waals surface area contributed by atoms with Gasteiger partial charge in [-0.25, -0.2) is 0 Å². The minimum Gasteiger partial charge on any atom is -0.403 e. The molecule has 4 nitrogen and oxygen atoms in total. The van der Waals surface area contributed by atoms with E-state index >= 15 is 0 Å². The van der Waals surface area contributed by atoms with Gasteiger partial charge in [0.15, 0.2) is 0 Å². The molecule has 0 unspecified atom stereocenters. The molecule has 2 rings (SSSR count). The number of rotatable bonds is 4. The quantitative estimate of drug-likeness (QED) is 0.837. The molecular weight excluding hydrogens is 238 g/mol. The van der Waals surface area contributed by atoms with Crippen molar-refractivity contribution in [2.75, 3.05) is 18.0 Å². The molecule has 0 fully saturated rings. The van der Waals surface area contributed by atoms with Crippen LogP contribution in [0.3, 0.4) is 0 Å². The Labute approximate surface area is 105 Å². The molecule has 1 aromatic heterocycles. The predicted octanol–water partition coefficient (Wildman–Crippen LogP) is 3.24. The van der Waals surface area contributed by atoms with Crippen molar-refractivity contribution in [1.82, 2.24) is 10.2 Å². The van der Waals surface area contributed by atoms with Gasteiger partial charge in [0, 0.05) is 23.7 Å². The van der Waals surface area contributed by atoms with Gasteiger partial charge in [0.2, 0.25) is 5.89 Å². The Balaban J connectivity index is 2.26. The average molecular weight is 252 g/mol. The Bertz CT molecular complexity index is 477. The molecule has 0 aliphatic rings. The van der Waals surface area contributed by atoms with Crippen molar-refractivity contribution in [3.05, 3.63) is 29.3 Å². The van der Waals surface area contributed by atoms with Crippen LogP contribution >= 0.6 is 11.6 Å². The first-order valence-corrected chi connectivity index (χ1v) is 5.96. The van der Waals surface area contributed by atoms with Gasteiger partial charge in [-0.05, 0) is 38.1 Å². The smallest absolute Gasteiger partial charge is 0.318 e. The summed E-state index contributed by atoms with van der Waals surface area (Å²) in [5.41, 5.74) is 0.875. The molecule has 0 bridgehead atoms. The summed E-state index contributed by atoms with van der Waals surface area (Å²) >= 11 is 5.82. The number of benzene rings is 1. The van der Waals surface area contributed by atoms with Gasteiger partial charge >= 0.3 is 6.01 Å². The lowest BCUT2D eigenvalue weighted by Crippen LogP contribution is -2.21. The SMILES string of the molecule is CCN(CC)c1nnc(-c2ccc(Cl)cc2)o1. The molecule has 17 heavy (non-hydrogen) atoms. The topological polar surface area (TPSA) is 42.2 Å². The molecule has 0 radical (unpaired) electrons. The van der Waals surface area contributed by atoms with Crippen LogP contribution in [0.5, 0.6) is 0 Å². The zero-order valence-electron chi connectivity index (χ0n) is 9.85. The second-order valence-corrected chi connectivity index (χ2v) is 4.01. The second kappa shape index (κ2) is 5.19. The van der Waals surface area contributed by atoms with E-state index in [-0.39, 0.29) is 0 Å². The fourth-order valence-corrected chi connectivity index (χ4v) is 1.67. The molecule has 0 saturated heterocycles. The molecule has 0 amide bonds. The minimum atomic E-state index is 0.517. The molecule has 5 heteroatoms. The molecule has 1 heterocycles. The highest BCUT2D eigenvalue weighted by molar-refractivity contribution is 6.30. The fourth-order valence-electron chi connectivity index (χ4n) is 1.55. The molecule has 0 aliphatic carbocycles. The van der Waals surface area contributed by atoms with E-state index in [9.17, 15) is 0 Å². The van der Waals surface area contributed by atoms with Gasteiger partial charge < -0.3 is 9.32 Å². The van der Waals surface area contributed by atoms with Crippen LogP contribution in [0.2, 0.25) is 5.02 Å². The maximum Gasteiger partial charge on any atom is 0.318 e. The first-order chi connectivity index (χ1) is 8.24. The summed E-state index contributed by atoms with van der Waals surface area (Å²) in [7, 11) is 0. The maximum absolute atomic E-state index is 5.82. The van der Waals surface area contributed by atoms with Crippen LogP contribution in [-0.2, 0) is 0 Å². The Morgan fingerprint density at radius 3 is 2.35 bits per heavy atom. The Hall–Kier alpha value is -1.55. The van der Waals surface area contributed by atoms with E-state index in [1.807, 2.05) is 17.0 Å². The monoisotopic (exact) mass is 251 g/mol. The van der Waals surface area contributed by atoms with E-state index in [1.165, 1.54) is 0 Å². The van der Waals surface area contributed by atoms with Gasteiger partial charge in [-0.1, -0.05) is 16.7 Å². The van der Waals surface area contributed by atoms with Crippen LogP contribution in [0.25, 0.3) is 11.5 Å². The van der Waals surface area contributed by atoms with Gasteiger partial charge in [-0.15, -0.1) is 5.10 Å². The highest BCUT2D eigenvalue weighted by Gasteiger charge is 2.12. The third kappa shape index (κ3) is 2.58. The summed E-state index contributed by atoms with van der Waals surface area (Å²) in [4.78, 5) is 2.01. The second-order valence-electron chi connectivity index (χ2n) is 3.57. The summed E-state index contributed by atoms with van der Waals surface area (Å²) in [5, 5.41) is 8.76. The highest BCUT2D eigenvalue weighted by Crippen LogP contribution is 2.23. The Morgan fingerprint density at radius 1 is 1.12 bits per heavy atom. The fraction of sp³-hybridized carbons (Fsp3) is 0.333. The van der Waals surface area contributed by atoms with E-state index in [2.05, 4.69) is 24.0 Å². The molecule has 0 aliphatic heterocycles. The zero-order chi connectivity index (χ0) is 12.3. The molecule has 90 valence electrons. The van der Waals surface area contributed by atoms with Crippen LogP contribution in [0.1, 0.15) is 13.8 Å². The third-order valence-electron chi connectivity index (χ3n) is 2.54. The lowest BCUT2D eigenvalue weighted by Gasteiger charge is -2.13. The van der Waals surface area contributed by atoms with Crippen LogP contribution in [-0.4, -0.2) is 23.3 Å². The Kier molecular flexibility index (Phi) is 3.64. The first-order valence-electron chi connectivity index (χ1n) is 5.59. The average Bonchev–Trinajstić information content (AvgIpc) is 2.81. The molecule has 0 spiro atoms. The largest absolute Gasteiger partial charge is 0.403 e. The lowest BCUT2D eigenvalue weighted by atomic mass is 10.2. The summed E-state index contributed by atoms with van der Waals surface area (Å²) in [5.74, 6) is 0.517. The van der Waals surface area contributed by atoms with E-state index < -0.39 is 0 Å². The highest BCUT2D eigenvalue weighted by atomic mass is 35.5. The van der Waals surface area contributed by atoms with Crippen molar-refractivity contribution in [2.24, 2.45) is 0 Å². The Morgan fingerprint density at radius 2 is 1.76 bits per heavy atom. The summed E-state index contributed by atoms with van der Waals surface area (Å²) in [6.07, 6.45) is 0. The van der Waals surface area contributed by atoms with Crippen molar-refractivity contribution in [1.29, 1.82) is 0 Å². The summed E-state index contributed by atoms with van der Waals surface area (Å²) < 4.78 is 5.61. The number of halogens is 1. The maximum atomic E-state index is 5.82. The van der Waals surface area contributed by atoms with Gasteiger partial charge in [0.1, 0.15) is 0 Å². The molecule has 1 aromatic carbocycles. The standard InChI is InChI=1S/C12H14ClN3O/c1-3-16(4-2)12-15-14-11(17-12)9-5-7-10(13)8-6-9/h5-8H,3-4H2,1-2H3. The lowest BCUT2D eigenvalue weighted by molar-refractivity contribution is 0.550. The van der Waals surface area contributed by atoms with Crippen LogP contribution < -0.4 is 4.90 Å². The predicted molar refractivity (Wildman–Crippen MR) is 68.3 cm³/mol. The number of hydrogen-bond acceptors (Lipinski definition) is 4. The summed E-state index contributed by atoms with van der Waals surface area (Å²) in [6.45, 7) is 5.79. The third-order valence-corrected chi connectivity index (χ3v) is 2.79. The normalized spacial score (nSPS) is 10.5. The van der Waals surface area contributed by atoms with Gasteiger partial charge in [-0.3, -0.25) is 0 Å². The van der Waals surface area contributed by atoms with Gasteiger partial charge in [-0.2, -0.15) is 0 Å². The van der Waals surface area contributed by atoms with Crippen LogP contribution in [0.15, 0.2) is 28.7 Å². The van der Waals surface area contributed by atoms with Crippen LogP contribution in [0.4, 0.5) is 6.01 Å². The number of hydrogen-bond donors (Lipinski definition) is 0. The molecule has 0 atom stereocenters. The minimum absolute atomic E-state index is 0.517. The van der Waals surface area contributed by atoms with Gasteiger partial charge in [0.05, 0.1) is 0 Å². The van der Waals surface area contributed by atoms with Crippen molar-refractivity contribution >= 4 is 17.6 Å². The number of nitrogens with zero attached hydrogens (tertiary/aromatic N) is 3. The van der Waals surface area contributed by atoms with E-state index in [0.717, 1.165) is 18.7 Å². The number of anilines is 1. The van der Waals surface area contributed by atoms with E-state index in [1.54, 1.807) is 12.1 Å². The van der Waals surface area contributed by atoms with E-state index in [0.29, 0.717) is 16.9 Å². The van der Waals surface area contributed by atoms with Crippen molar-refractivity contribution < 1.29 is 4.42 Å². The first kappa shape index (κ1) is 11.9. The van der Waals surface area contributed by atoms with Gasteiger partial charge in [0.25, 0.3) is 0 Å². The zero-order valence-corrected chi connectivity index (χ0v) is 10.6. The summed E-state index contributed by atoms with van der Waals surface area (Å²) in [6, 6.07) is 7.89. The van der Waals surface area contributed by atoms with Crippen molar-refractivity contribution in [3.8, 4) is 11.5 Å². The molecule has 0 saturated carbocycles. The van der Waals surface area contributed by atoms with Crippen LogP contribution in [0, 0.1) is 0 Å². The van der Waals surface area contributed by atoms with Crippen molar-refractivity contribution in [3.63, 3.8) is 0 Å². The van der Waals surface area contributed by atoms with E-state index in [4.69, 9.17) is 16.0 Å². The number of aromatic nitrogens is 2. The molecular formula is C12H14ClN3O. The molecule has 0 N–H and O–H groups in total. The molecule has 2 aromatic rings.